The van der Waals surface area contributed by atoms with Gasteiger partial charge in [-0.1, -0.05) is 0 Å². The van der Waals surface area contributed by atoms with Gasteiger partial charge in [-0.3, -0.25) is 9.59 Å². The van der Waals surface area contributed by atoms with Gasteiger partial charge in [0.25, 0.3) is 5.91 Å². The highest BCUT2D eigenvalue weighted by atomic mass is 32.2. The Hall–Kier alpha value is -1.89. The number of benzene rings is 1. The molecule has 1 aromatic carbocycles. The number of likely N-dealkylation sites (tertiary alicyclic amines) is 1. The van der Waals surface area contributed by atoms with E-state index in [0.717, 1.165) is 19.4 Å². The number of nitrogens with zero attached hydrogens (tertiary/aromatic N) is 1. The third-order valence-electron chi connectivity index (χ3n) is 4.30. The molecule has 1 aromatic rings. The van der Waals surface area contributed by atoms with Crippen molar-refractivity contribution >= 4 is 23.6 Å². The summed E-state index contributed by atoms with van der Waals surface area (Å²) >= 11 is 1.54. The molecule has 0 aromatic heterocycles. The molecule has 0 spiro atoms. The van der Waals surface area contributed by atoms with E-state index in [1.54, 1.807) is 44.2 Å². The predicted octanol–water partition coefficient (Wildman–Crippen LogP) is 2.04. The maximum absolute atomic E-state index is 12.4. The highest BCUT2D eigenvalue weighted by molar-refractivity contribution is 7.99. The molecule has 1 N–H and O–H groups in total. The average molecular weight is 366 g/mol. The number of carbonyl (C=O) groups excluding carboxylic acids is 2. The molecule has 0 saturated carbocycles. The van der Waals surface area contributed by atoms with E-state index >= 15 is 0 Å². The third-order valence-corrected chi connectivity index (χ3v) is 4.84. The molecule has 1 heterocycles. The van der Waals surface area contributed by atoms with Crippen LogP contribution in [-0.4, -0.2) is 62.6 Å². The van der Waals surface area contributed by atoms with Gasteiger partial charge in [-0.2, -0.15) is 11.8 Å². The van der Waals surface area contributed by atoms with Crippen LogP contribution in [0.4, 0.5) is 0 Å². The summed E-state index contributed by atoms with van der Waals surface area (Å²) in [6.07, 6.45) is 3.93. The number of methoxy groups -OCH3 is 2. The lowest BCUT2D eigenvalue weighted by Gasteiger charge is -2.32. The highest BCUT2D eigenvalue weighted by Crippen LogP contribution is 2.23. The van der Waals surface area contributed by atoms with Crippen molar-refractivity contribution in [3.05, 3.63) is 23.8 Å². The van der Waals surface area contributed by atoms with Gasteiger partial charge in [-0.25, -0.2) is 0 Å². The Balaban J connectivity index is 1.92. The fourth-order valence-electron chi connectivity index (χ4n) is 2.95. The van der Waals surface area contributed by atoms with Gasteiger partial charge in [0.15, 0.2) is 0 Å². The summed E-state index contributed by atoms with van der Waals surface area (Å²) in [5.41, 5.74) is 0.502. The Labute approximate surface area is 153 Å². The number of amides is 2. The lowest BCUT2D eigenvalue weighted by atomic mass is 9.98. The standard InChI is InChI=1S/C18H26N2O4S/c1-23-15-7-14(8-16(9-15)24-2)18(22)19-10-13-5-4-6-20(11-13)17(21)12-25-3/h7-9,13H,4-6,10-12H2,1-3H3,(H,19,22)/t13-/m1/s1. The number of thioether (sulfide) groups is 1. The molecule has 25 heavy (non-hydrogen) atoms. The maximum Gasteiger partial charge on any atom is 0.251 e. The molecular formula is C18H26N2O4S. The minimum atomic E-state index is -0.162. The Bertz CT molecular complexity index is 586. The molecule has 0 unspecified atom stereocenters. The Morgan fingerprint density at radius 2 is 1.92 bits per heavy atom. The lowest BCUT2D eigenvalue weighted by Crippen LogP contribution is -2.44. The molecule has 138 valence electrons. The largest absolute Gasteiger partial charge is 0.497 e. The van der Waals surface area contributed by atoms with Gasteiger partial charge in [0.1, 0.15) is 11.5 Å². The van der Waals surface area contributed by atoms with E-state index in [2.05, 4.69) is 5.32 Å². The van der Waals surface area contributed by atoms with Crippen LogP contribution in [0.2, 0.25) is 0 Å². The van der Waals surface area contributed by atoms with Crippen LogP contribution in [-0.2, 0) is 4.79 Å². The average Bonchev–Trinajstić information content (AvgIpc) is 2.66. The van der Waals surface area contributed by atoms with E-state index in [1.165, 1.54) is 0 Å². The first kappa shape index (κ1) is 19.4. The Kier molecular flexibility index (Phi) is 7.43. The summed E-state index contributed by atoms with van der Waals surface area (Å²) in [5.74, 6) is 1.98. The van der Waals surface area contributed by atoms with Crippen molar-refractivity contribution in [2.75, 3.05) is 45.9 Å². The normalized spacial score (nSPS) is 17.1. The molecule has 1 atom stereocenters. The minimum absolute atomic E-state index is 0.162. The van der Waals surface area contributed by atoms with Crippen molar-refractivity contribution in [1.82, 2.24) is 10.2 Å². The molecule has 1 saturated heterocycles. The van der Waals surface area contributed by atoms with Crippen LogP contribution in [0.3, 0.4) is 0 Å². The number of ether oxygens (including phenoxy) is 2. The summed E-state index contributed by atoms with van der Waals surface area (Å²) < 4.78 is 10.4. The fourth-order valence-corrected chi connectivity index (χ4v) is 3.38. The number of rotatable bonds is 7. The zero-order valence-corrected chi connectivity index (χ0v) is 15.9. The smallest absolute Gasteiger partial charge is 0.251 e. The number of nitrogens with one attached hydrogen (secondary N) is 1. The molecule has 6 nitrogen and oxygen atoms in total. The van der Waals surface area contributed by atoms with E-state index in [0.29, 0.717) is 35.9 Å². The van der Waals surface area contributed by atoms with Gasteiger partial charge in [-0.15, -0.1) is 0 Å². The molecule has 2 rings (SSSR count). The van der Waals surface area contributed by atoms with Crippen molar-refractivity contribution in [2.24, 2.45) is 5.92 Å². The topological polar surface area (TPSA) is 67.9 Å². The highest BCUT2D eigenvalue weighted by Gasteiger charge is 2.23. The van der Waals surface area contributed by atoms with Crippen LogP contribution in [0.25, 0.3) is 0 Å². The SMILES string of the molecule is COc1cc(OC)cc(C(=O)NC[C@H]2CCCN(C(=O)CSC)C2)c1. The van der Waals surface area contributed by atoms with E-state index in [4.69, 9.17) is 9.47 Å². The number of hydrogen-bond acceptors (Lipinski definition) is 5. The van der Waals surface area contributed by atoms with Crippen LogP contribution in [0, 0.1) is 5.92 Å². The second-order valence-electron chi connectivity index (χ2n) is 6.09. The molecule has 1 fully saturated rings. The molecule has 7 heteroatoms. The third kappa shape index (κ3) is 5.56. The Morgan fingerprint density at radius 1 is 1.24 bits per heavy atom. The van der Waals surface area contributed by atoms with E-state index < -0.39 is 0 Å². The number of hydrogen-bond donors (Lipinski definition) is 1. The van der Waals surface area contributed by atoms with Crippen LogP contribution in [0.15, 0.2) is 18.2 Å². The van der Waals surface area contributed by atoms with Crippen molar-refractivity contribution < 1.29 is 19.1 Å². The first-order valence-electron chi connectivity index (χ1n) is 8.35. The van der Waals surface area contributed by atoms with Crippen LogP contribution < -0.4 is 14.8 Å². The van der Waals surface area contributed by atoms with Gasteiger partial charge in [0.2, 0.25) is 5.91 Å². The summed E-state index contributed by atoms with van der Waals surface area (Å²) in [6.45, 7) is 2.08. The monoisotopic (exact) mass is 366 g/mol. The zero-order chi connectivity index (χ0) is 18.2. The fraction of sp³-hybridized carbons (Fsp3) is 0.556. The molecule has 1 aliphatic rings. The quantitative estimate of drug-likeness (QED) is 0.800. The zero-order valence-electron chi connectivity index (χ0n) is 15.0. The molecule has 2 amide bonds. The Morgan fingerprint density at radius 3 is 2.52 bits per heavy atom. The summed E-state index contributed by atoms with van der Waals surface area (Å²) in [5, 5.41) is 2.97. The van der Waals surface area contributed by atoms with Crippen LogP contribution >= 0.6 is 11.8 Å². The number of piperidine rings is 1. The number of carbonyl (C=O) groups is 2. The van der Waals surface area contributed by atoms with Crippen molar-refractivity contribution in [2.45, 2.75) is 12.8 Å². The molecule has 0 radical (unpaired) electrons. The second-order valence-corrected chi connectivity index (χ2v) is 6.96. The van der Waals surface area contributed by atoms with Crippen LogP contribution in [0.5, 0.6) is 11.5 Å². The van der Waals surface area contributed by atoms with Gasteiger partial charge >= 0.3 is 0 Å². The van der Waals surface area contributed by atoms with Gasteiger partial charge < -0.3 is 19.7 Å². The second kappa shape index (κ2) is 9.56. The van der Waals surface area contributed by atoms with Gasteiger partial charge in [-0.05, 0) is 37.1 Å². The van der Waals surface area contributed by atoms with Gasteiger partial charge in [0.05, 0.1) is 20.0 Å². The predicted molar refractivity (Wildman–Crippen MR) is 99.6 cm³/mol. The lowest BCUT2D eigenvalue weighted by molar-refractivity contribution is -0.130. The molecule has 1 aliphatic heterocycles. The van der Waals surface area contributed by atoms with Crippen molar-refractivity contribution in [3.63, 3.8) is 0 Å². The van der Waals surface area contributed by atoms with Crippen LogP contribution in [0.1, 0.15) is 23.2 Å². The summed E-state index contributed by atoms with van der Waals surface area (Å²) in [7, 11) is 3.11. The van der Waals surface area contributed by atoms with E-state index in [-0.39, 0.29) is 17.7 Å². The molecular weight excluding hydrogens is 340 g/mol. The van der Waals surface area contributed by atoms with E-state index in [9.17, 15) is 9.59 Å². The molecule has 0 aliphatic carbocycles. The summed E-state index contributed by atoms with van der Waals surface area (Å²) in [6, 6.07) is 5.10. The van der Waals surface area contributed by atoms with Crippen molar-refractivity contribution in [3.8, 4) is 11.5 Å². The minimum Gasteiger partial charge on any atom is -0.497 e. The first-order chi connectivity index (χ1) is 12.1. The van der Waals surface area contributed by atoms with Gasteiger partial charge in [0, 0.05) is 31.3 Å². The summed E-state index contributed by atoms with van der Waals surface area (Å²) in [4.78, 5) is 26.4. The maximum atomic E-state index is 12.4. The van der Waals surface area contributed by atoms with Crippen molar-refractivity contribution in [1.29, 1.82) is 0 Å². The van der Waals surface area contributed by atoms with E-state index in [1.807, 2.05) is 11.2 Å². The first-order valence-corrected chi connectivity index (χ1v) is 9.74. The molecule has 0 bridgehead atoms.